The smallest absolute Gasteiger partial charge is 0.180 e. The van der Waals surface area contributed by atoms with E-state index >= 15 is 0 Å². The number of aromatic nitrogens is 4. The first-order chi connectivity index (χ1) is 14.7. The molecular formula is C23H23N7. The van der Waals surface area contributed by atoms with E-state index in [4.69, 9.17) is 5.73 Å². The normalized spacial score (nSPS) is 12.0. The van der Waals surface area contributed by atoms with E-state index in [1.807, 2.05) is 48.1 Å². The Kier molecular flexibility index (Phi) is 5.52. The first kappa shape index (κ1) is 19.3. The number of nitrogens with zero attached hydrogens (tertiary/aromatic N) is 5. The average molecular weight is 397 g/mol. The quantitative estimate of drug-likeness (QED) is 0.485. The number of benzene rings is 1. The van der Waals surface area contributed by atoms with Gasteiger partial charge in [0.05, 0.1) is 23.3 Å². The number of aliphatic imine (C=N–C) groups is 1. The van der Waals surface area contributed by atoms with Crippen LogP contribution in [-0.4, -0.2) is 32.1 Å². The van der Waals surface area contributed by atoms with Crippen LogP contribution in [0.25, 0.3) is 16.9 Å². The molecule has 0 bridgehead atoms. The summed E-state index contributed by atoms with van der Waals surface area (Å²) in [5, 5.41) is 3.39. The van der Waals surface area contributed by atoms with Crippen LogP contribution >= 0.6 is 0 Å². The number of aryl methyl sites for hydroxylation is 1. The molecule has 0 spiro atoms. The van der Waals surface area contributed by atoms with E-state index in [9.17, 15) is 0 Å². The number of nitrogens with two attached hydrogens (primary N) is 1. The van der Waals surface area contributed by atoms with Crippen molar-refractivity contribution in [2.24, 2.45) is 10.7 Å². The van der Waals surface area contributed by atoms with Gasteiger partial charge < -0.3 is 11.1 Å². The number of hydrogen-bond donors (Lipinski definition) is 2. The van der Waals surface area contributed by atoms with Crippen molar-refractivity contribution in [3.05, 3.63) is 90.3 Å². The standard InChI is InChI=1S/C23H23N7/c1-16-12-17(13-27-21(16)19(25-2)8-9-24)14-28-22-23-29-15-20(30(23)11-10-26-22)18-6-4-3-5-7-18/h3-13,15H,14,24H2,1-2H3,(H,26,28). The van der Waals surface area contributed by atoms with E-state index in [2.05, 4.69) is 43.5 Å². The molecule has 0 saturated heterocycles. The van der Waals surface area contributed by atoms with E-state index in [1.54, 1.807) is 19.3 Å². The number of allylic oxidation sites excluding steroid dienone is 1. The summed E-state index contributed by atoms with van der Waals surface area (Å²) < 4.78 is 2.04. The zero-order valence-corrected chi connectivity index (χ0v) is 16.9. The molecule has 3 aromatic heterocycles. The van der Waals surface area contributed by atoms with Gasteiger partial charge in [-0.3, -0.25) is 14.4 Å². The molecule has 0 saturated carbocycles. The van der Waals surface area contributed by atoms with Gasteiger partial charge in [0, 0.05) is 37.7 Å². The van der Waals surface area contributed by atoms with Crippen LogP contribution in [0.4, 0.5) is 5.82 Å². The molecule has 0 amide bonds. The number of anilines is 1. The highest BCUT2D eigenvalue weighted by molar-refractivity contribution is 6.08. The van der Waals surface area contributed by atoms with Crippen molar-refractivity contribution in [3.8, 4) is 11.3 Å². The summed E-state index contributed by atoms with van der Waals surface area (Å²) in [6, 6.07) is 12.3. The summed E-state index contributed by atoms with van der Waals surface area (Å²) in [4.78, 5) is 17.9. The zero-order chi connectivity index (χ0) is 20.9. The molecule has 0 radical (unpaired) electrons. The number of rotatable bonds is 6. The van der Waals surface area contributed by atoms with Gasteiger partial charge in [0.2, 0.25) is 0 Å². The minimum absolute atomic E-state index is 0.583. The SMILES string of the molecule is CN=C(C=CN)c1ncc(CNc2nccn3c(-c4ccccc4)cnc23)cc1C. The highest BCUT2D eigenvalue weighted by Crippen LogP contribution is 2.23. The summed E-state index contributed by atoms with van der Waals surface area (Å²) in [7, 11) is 1.73. The largest absolute Gasteiger partial charge is 0.405 e. The number of imidazole rings is 1. The minimum Gasteiger partial charge on any atom is -0.405 e. The summed E-state index contributed by atoms with van der Waals surface area (Å²) in [5.74, 6) is 0.725. The van der Waals surface area contributed by atoms with Crippen LogP contribution in [0.3, 0.4) is 0 Å². The maximum Gasteiger partial charge on any atom is 0.180 e. The summed E-state index contributed by atoms with van der Waals surface area (Å²) >= 11 is 0. The summed E-state index contributed by atoms with van der Waals surface area (Å²) in [6.07, 6.45) is 10.6. The van der Waals surface area contributed by atoms with E-state index in [0.717, 1.165) is 45.3 Å². The number of hydrogen-bond acceptors (Lipinski definition) is 6. The van der Waals surface area contributed by atoms with Gasteiger partial charge in [-0.25, -0.2) is 9.97 Å². The second-order valence-corrected chi connectivity index (χ2v) is 6.81. The minimum atomic E-state index is 0.583. The second-order valence-electron chi connectivity index (χ2n) is 6.81. The van der Waals surface area contributed by atoms with Gasteiger partial charge >= 0.3 is 0 Å². The lowest BCUT2D eigenvalue weighted by Crippen LogP contribution is -2.08. The Balaban J connectivity index is 1.57. The second kappa shape index (κ2) is 8.57. The predicted molar refractivity (Wildman–Crippen MR) is 121 cm³/mol. The Morgan fingerprint density at radius 3 is 2.73 bits per heavy atom. The molecule has 0 aliphatic rings. The molecule has 4 aromatic rings. The Bertz CT molecular complexity index is 1220. The highest BCUT2D eigenvalue weighted by atomic mass is 15.1. The van der Waals surface area contributed by atoms with E-state index < -0.39 is 0 Å². The van der Waals surface area contributed by atoms with Crippen LogP contribution in [0, 0.1) is 6.92 Å². The highest BCUT2D eigenvalue weighted by Gasteiger charge is 2.11. The van der Waals surface area contributed by atoms with Gasteiger partial charge in [-0.1, -0.05) is 36.4 Å². The fourth-order valence-corrected chi connectivity index (χ4v) is 3.40. The molecule has 0 aliphatic heterocycles. The molecule has 30 heavy (non-hydrogen) atoms. The van der Waals surface area contributed by atoms with Crippen LogP contribution < -0.4 is 11.1 Å². The molecule has 0 fully saturated rings. The molecule has 0 unspecified atom stereocenters. The van der Waals surface area contributed by atoms with Crippen molar-refractivity contribution >= 4 is 17.2 Å². The Morgan fingerprint density at radius 1 is 1.17 bits per heavy atom. The Hall–Kier alpha value is -4.00. The van der Waals surface area contributed by atoms with Gasteiger partial charge in [-0.15, -0.1) is 0 Å². The lowest BCUT2D eigenvalue weighted by Gasteiger charge is -2.10. The molecule has 4 rings (SSSR count). The van der Waals surface area contributed by atoms with Crippen molar-refractivity contribution in [2.75, 3.05) is 12.4 Å². The Morgan fingerprint density at radius 2 is 2.00 bits per heavy atom. The molecule has 150 valence electrons. The van der Waals surface area contributed by atoms with Crippen LogP contribution in [0.15, 0.2) is 78.5 Å². The van der Waals surface area contributed by atoms with Crippen molar-refractivity contribution in [1.82, 2.24) is 19.4 Å². The van der Waals surface area contributed by atoms with E-state index in [1.165, 1.54) is 6.20 Å². The van der Waals surface area contributed by atoms with Crippen molar-refractivity contribution in [3.63, 3.8) is 0 Å². The molecule has 3 heterocycles. The fraction of sp³-hybridized carbons (Fsp3) is 0.130. The van der Waals surface area contributed by atoms with Gasteiger partial charge in [0.1, 0.15) is 0 Å². The molecule has 0 aliphatic carbocycles. The third-order valence-corrected chi connectivity index (χ3v) is 4.83. The van der Waals surface area contributed by atoms with Crippen LogP contribution in [0.1, 0.15) is 16.8 Å². The third-order valence-electron chi connectivity index (χ3n) is 4.83. The summed E-state index contributed by atoms with van der Waals surface area (Å²) in [5.41, 5.74) is 12.1. The number of nitrogens with one attached hydrogen (secondary N) is 1. The zero-order valence-electron chi connectivity index (χ0n) is 16.9. The van der Waals surface area contributed by atoms with Crippen molar-refractivity contribution in [2.45, 2.75) is 13.5 Å². The van der Waals surface area contributed by atoms with Crippen LogP contribution in [0.2, 0.25) is 0 Å². The third kappa shape index (κ3) is 3.77. The van der Waals surface area contributed by atoms with E-state index in [0.29, 0.717) is 6.54 Å². The van der Waals surface area contributed by atoms with Gasteiger partial charge in [-0.05, 0) is 30.3 Å². The van der Waals surface area contributed by atoms with Crippen molar-refractivity contribution < 1.29 is 0 Å². The van der Waals surface area contributed by atoms with Gasteiger partial charge in [-0.2, -0.15) is 0 Å². The maximum atomic E-state index is 5.50. The number of fused-ring (bicyclic) bond motifs is 1. The van der Waals surface area contributed by atoms with Gasteiger partial charge in [0.15, 0.2) is 11.5 Å². The topological polar surface area (TPSA) is 93.5 Å². The van der Waals surface area contributed by atoms with Gasteiger partial charge in [0.25, 0.3) is 0 Å². The average Bonchev–Trinajstić information content (AvgIpc) is 3.22. The van der Waals surface area contributed by atoms with E-state index in [-0.39, 0.29) is 0 Å². The van der Waals surface area contributed by atoms with Crippen molar-refractivity contribution in [1.29, 1.82) is 0 Å². The fourth-order valence-electron chi connectivity index (χ4n) is 3.40. The Labute approximate surface area is 175 Å². The maximum absolute atomic E-state index is 5.50. The first-order valence-electron chi connectivity index (χ1n) is 9.63. The molecule has 1 aromatic carbocycles. The molecule has 7 heteroatoms. The molecule has 7 nitrogen and oxygen atoms in total. The predicted octanol–water partition coefficient (Wildman–Crippen LogP) is 3.60. The lowest BCUT2D eigenvalue weighted by atomic mass is 10.1. The van der Waals surface area contributed by atoms with Crippen LogP contribution in [-0.2, 0) is 6.54 Å². The summed E-state index contributed by atoms with van der Waals surface area (Å²) in [6.45, 7) is 2.60. The molecule has 3 N–H and O–H groups in total. The number of pyridine rings is 1. The first-order valence-corrected chi connectivity index (χ1v) is 9.63. The molecular weight excluding hydrogens is 374 g/mol. The lowest BCUT2D eigenvalue weighted by molar-refractivity contribution is 1.05. The monoisotopic (exact) mass is 397 g/mol. The van der Waals surface area contributed by atoms with Crippen LogP contribution in [0.5, 0.6) is 0 Å². The molecule has 0 atom stereocenters.